The SMILES string of the molecule is COCCOc1cc2cc(C(=O)Nc3cc(C(=O)N[C@H](CCNC(=O)OC(C)(C)C)c4ccccc4)ccc3C)c(=O)[nH]c2cc1OC. The maximum absolute atomic E-state index is 13.5. The fourth-order valence-corrected chi connectivity index (χ4v) is 4.86. The summed E-state index contributed by atoms with van der Waals surface area (Å²) in [7, 11) is 3.06. The average Bonchev–Trinajstić information content (AvgIpc) is 3.04. The Balaban J connectivity index is 1.52. The Morgan fingerprint density at radius 1 is 0.896 bits per heavy atom. The summed E-state index contributed by atoms with van der Waals surface area (Å²) >= 11 is 0. The molecule has 0 saturated carbocycles. The number of anilines is 1. The second-order valence-corrected chi connectivity index (χ2v) is 12.1. The predicted molar refractivity (Wildman–Crippen MR) is 183 cm³/mol. The van der Waals surface area contributed by atoms with Crippen LogP contribution < -0.4 is 31.0 Å². The molecule has 4 aromatic rings. The van der Waals surface area contributed by atoms with Gasteiger partial charge >= 0.3 is 6.09 Å². The molecular formula is C36H42N4O8. The molecule has 4 rings (SSSR count). The van der Waals surface area contributed by atoms with Gasteiger partial charge in [0.2, 0.25) is 0 Å². The van der Waals surface area contributed by atoms with Gasteiger partial charge in [-0.1, -0.05) is 36.4 Å². The van der Waals surface area contributed by atoms with Crippen molar-refractivity contribution in [2.75, 3.05) is 39.3 Å². The van der Waals surface area contributed by atoms with Crippen LogP contribution in [0.1, 0.15) is 65.1 Å². The number of H-pyrrole nitrogens is 1. The number of nitrogens with one attached hydrogen (secondary N) is 4. The van der Waals surface area contributed by atoms with Crippen molar-refractivity contribution in [2.45, 2.75) is 45.8 Å². The number of fused-ring (bicyclic) bond motifs is 1. The van der Waals surface area contributed by atoms with E-state index in [4.69, 9.17) is 18.9 Å². The maximum Gasteiger partial charge on any atom is 0.407 e. The van der Waals surface area contributed by atoms with Gasteiger partial charge in [0.1, 0.15) is 17.8 Å². The lowest BCUT2D eigenvalue weighted by atomic mass is 10.0. The minimum atomic E-state index is -0.646. The summed E-state index contributed by atoms with van der Waals surface area (Å²) in [6.45, 7) is 8.05. The molecule has 3 amide bonds. The average molecular weight is 659 g/mol. The molecule has 254 valence electrons. The van der Waals surface area contributed by atoms with E-state index in [0.29, 0.717) is 52.2 Å². The van der Waals surface area contributed by atoms with Crippen molar-refractivity contribution >= 4 is 34.5 Å². The first-order valence-electron chi connectivity index (χ1n) is 15.5. The number of ether oxygens (including phenoxy) is 4. The number of carbonyl (C=O) groups excluding carboxylic acids is 3. The smallest absolute Gasteiger partial charge is 0.407 e. The lowest BCUT2D eigenvalue weighted by Crippen LogP contribution is -2.35. The highest BCUT2D eigenvalue weighted by Crippen LogP contribution is 2.31. The molecule has 4 N–H and O–H groups in total. The quantitative estimate of drug-likeness (QED) is 0.137. The standard InChI is InChI=1S/C36H42N4O8/c1-22-12-13-24(32(41)38-27(23-10-8-7-9-11-23)14-15-37-35(44)48-36(2,3)4)19-28(22)39-33(42)26-18-25-20-31(47-17-16-45-5)30(46-6)21-29(25)40-34(26)43/h7-13,18-21,27H,14-17H2,1-6H3,(H,37,44)(H,38,41)(H,39,42)(H,40,43)/t27-/m1/s1. The van der Waals surface area contributed by atoms with Crippen molar-refractivity contribution in [1.82, 2.24) is 15.6 Å². The van der Waals surface area contributed by atoms with Crippen LogP contribution in [-0.2, 0) is 9.47 Å². The third-order valence-corrected chi connectivity index (χ3v) is 7.27. The molecule has 0 bridgehead atoms. The van der Waals surface area contributed by atoms with E-state index in [2.05, 4.69) is 20.9 Å². The zero-order chi connectivity index (χ0) is 34.8. The zero-order valence-corrected chi connectivity index (χ0v) is 28.0. The molecule has 12 heteroatoms. The first kappa shape index (κ1) is 35.5. The summed E-state index contributed by atoms with van der Waals surface area (Å²) < 4.78 is 21.5. The number of methoxy groups -OCH3 is 2. The Bertz CT molecular complexity index is 1820. The minimum Gasteiger partial charge on any atom is -0.493 e. The van der Waals surface area contributed by atoms with Gasteiger partial charge in [0.25, 0.3) is 17.4 Å². The van der Waals surface area contributed by atoms with E-state index >= 15 is 0 Å². The molecule has 0 spiro atoms. The van der Waals surface area contributed by atoms with Crippen LogP contribution in [0, 0.1) is 6.92 Å². The lowest BCUT2D eigenvalue weighted by molar-refractivity contribution is 0.0526. The fourth-order valence-electron chi connectivity index (χ4n) is 4.86. The van der Waals surface area contributed by atoms with E-state index in [9.17, 15) is 19.2 Å². The lowest BCUT2D eigenvalue weighted by Gasteiger charge is -2.22. The number of hydrogen-bond acceptors (Lipinski definition) is 8. The highest BCUT2D eigenvalue weighted by atomic mass is 16.6. The first-order chi connectivity index (χ1) is 22.9. The van der Waals surface area contributed by atoms with Gasteiger partial charge in [0.05, 0.1) is 25.3 Å². The molecule has 1 aromatic heterocycles. The number of pyridine rings is 1. The van der Waals surface area contributed by atoms with Crippen LogP contribution in [0.4, 0.5) is 10.5 Å². The minimum absolute atomic E-state index is 0.119. The molecule has 1 atom stereocenters. The van der Waals surface area contributed by atoms with Gasteiger partial charge in [0, 0.05) is 36.4 Å². The molecule has 3 aromatic carbocycles. The van der Waals surface area contributed by atoms with Crippen molar-refractivity contribution in [2.24, 2.45) is 0 Å². The summed E-state index contributed by atoms with van der Waals surface area (Å²) in [5, 5.41) is 9.12. The molecule has 0 aliphatic rings. The predicted octanol–water partition coefficient (Wildman–Crippen LogP) is 5.51. The van der Waals surface area contributed by atoms with Crippen molar-refractivity contribution < 1.29 is 33.3 Å². The summed E-state index contributed by atoms with van der Waals surface area (Å²) in [6, 6.07) is 18.7. The maximum atomic E-state index is 13.5. The number of aromatic amines is 1. The highest BCUT2D eigenvalue weighted by molar-refractivity contribution is 6.07. The second kappa shape index (κ2) is 16.0. The van der Waals surface area contributed by atoms with E-state index in [-0.39, 0.29) is 24.6 Å². The molecule has 48 heavy (non-hydrogen) atoms. The Labute approximate surface area is 279 Å². The topological polar surface area (TPSA) is 157 Å². The van der Waals surface area contributed by atoms with Crippen LogP contribution in [0.15, 0.2) is 71.5 Å². The van der Waals surface area contributed by atoms with Crippen molar-refractivity contribution in [3.63, 3.8) is 0 Å². The molecule has 0 aliphatic carbocycles. The van der Waals surface area contributed by atoms with Gasteiger partial charge in [-0.15, -0.1) is 0 Å². The van der Waals surface area contributed by atoms with Crippen LogP contribution in [0.5, 0.6) is 11.5 Å². The number of benzene rings is 3. The van der Waals surface area contributed by atoms with Crippen LogP contribution in [0.25, 0.3) is 10.9 Å². The number of alkyl carbamates (subject to hydrolysis) is 1. The number of aromatic nitrogens is 1. The Morgan fingerprint density at radius 3 is 2.33 bits per heavy atom. The molecular weight excluding hydrogens is 616 g/mol. The van der Waals surface area contributed by atoms with Gasteiger partial charge in [-0.25, -0.2) is 4.79 Å². The summed E-state index contributed by atoms with van der Waals surface area (Å²) in [4.78, 5) is 54.8. The zero-order valence-electron chi connectivity index (χ0n) is 28.0. The molecule has 0 fully saturated rings. The highest BCUT2D eigenvalue weighted by Gasteiger charge is 2.20. The Morgan fingerprint density at radius 2 is 1.65 bits per heavy atom. The molecule has 12 nitrogen and oxygen atoms in total. The van der Waals surface area contributed by atoms with E-state index < -0.39 is 29.2 Å². The Hall–Kier alpha value is -5.36. The van der Waals surface area contributed by atoms with Crippen LogP contribution in [-0.4, -0.2) is 62.5 Å². The van der Waals surface area contributed by atoms with E-state index in [1.807, 2.05) is 30.3 Å². The van der Waals surface area contributed by atoms with Crippen molar-refractivity contribution in [1.29, 1.82) is 0 Å². The summed E-state index contributed by atoms with van der Waals surface area (Å²) in [5.74, 6) is -0.169. The third-order valence-electron chi connectivity index (χ3n) is 7.27. The van der Waals surface area contributed by atoms with E-state index in [0.717, 1.165) is 5.56 Å². The molecule has 1 heterocycles. The monoisotopic (exact) mass is 658 g/mol. The molecule has 0 saturated heterocycles. The van der Waals surface area contributed by atoms with Gasteiger partial charge in [-0.05, 0) is 69.5 Å². The first-order valence-corrected chi connectivity index (χ1v) is 15.5. The fraction of sp³-hybridized carbons (Fsp3) is 0.333. The number of hydrogen-bond donors (Lipinski definition) is 4. The van der Waals surface area contributed by atoms with Crippen LogP contribution >= 0.6 is 0 Å². The molecule has 0 radical (unpaired) electrons. The third kappa shape index (κ3) is 9.58. The van der Waals surface area contributed by atoms with Gasteiger partial charge in [0.15, 0.2) is 11.5 Å². The van der Waals surface area contributed by atoms with Crippen LogP contribution in [0.2, 0.25) is 0 Å². The normalized spacial score (nSPS) is 11.8. The Kier molecular flexibility index (Phi) is 11.8. The number of rotatable bonds is 13. The summed E-state index contributed by atoms with van der Waals surface area (Å²) in [5.41, 5.74) is 1.35. The molecule has 0 unspecified atom stereocenters. The largest absolute Gasteiger partial charge is 0.493 e. The van der Waals surface area contributed by atoms with Gasteiger partial charge in [-0.2, -0.15) is 0 Å². The molecule has 0 aliphatic heterocycles. The van der Waals surface area contributed by atoms with Crippen molar-refractivity contribution in [3.05, 3.63) is 99.3 Å². The van der Waals surface area contributed by atoms with Gasteiger partial charge < -0.3 is 39.9 Å². The second-order valence-electron chi connectivity index (χ2n) is 12.1. The van der Waals surface area contributed by atoms with Crippen LogP contribution in [0.3, 0.4) is 0 Å². The number of carbonyl (C=O) groups is 3. The summed E-state index contributed by atoms with van der Waals surface area (Å²) in [6.07, 6.45) is -0.138. The number of aryl methyl sites for hydroxylation is 1. The number of amides is 3. The van der Waals surface area contributed by atoms with E-state index in [1.165, 1.54) is 13.2 Å². The van der Waals surface area contributed by atoms with Gasteiger partial charge in [-0.3, -0.25) is 14.4 Å². The van der Waals surface area contributed by atoms with E-state index in [1.54, 1.807) is 65.1 Å². The van der Waals surface area contributed by atoms with Crippen molar-refractivity contribution in [3.8, 4) is 11.5 Å².